The van der Waals surface area contributed by atoms with Gasteiger partial charge in [-0.1, -0.05) is 216 Å². The van der Waals surface area contributed by atoms with Crippen LogP contribution in [0.1, 0.15) is 239 Å². The molecular formula is C53H92O6. The van der Waals surface area contributed by atoms with Crippen molar-refractivity contribution in [2.24, 2.45) is 0 Å². The lowest BCUT2D eigenvalue weighted by molar-refractivity contribution is -0.167. The largest absolute Gasteiger partial charge is 0.462 e. The molecule has 0 aliphatic rings. The van der Waals surface area contributed by atoms with Crippen molar-refractivity contribution in [2.75, 3.05) is 13.2 Å². The third-order valence-corrected chi connectivity index (χ3v) is 10.6. The summed E-state index contributed by atoms with van der Waals surface area (Å²) < 4.78 is 16.7. The number of rotatable bonds is 44. The minimum absolute atomic E-state index is 0.0826. The minimum Gasteiger partial charge on any atom is -0.462 e. The lowest BCUT2D eigenvalue weighted by Gasteiger charge is -2.18. The smallest absolute Gasteiger partial charge is 0.306 e. The van der Waals surface area contributed by atoms with Gasteiger partial charge in [0.25, 0.3) is 0 Å². The molecule has 0 aliphatic carbocycles. The van der Waals surface area contributed by atoms with E-state index in [-0.39, 0.29) is 31.1 Å². The van der Waals surface area contributed by atoms with E-state index in [1.54, 1.807) is 0 Å². The highest BCUT2D eigenvalue weighted by atomic mass is 16.6. The van der Waals surface area contributed by atoms with Crippen molar-refractivity contribution < 1.29 is 28.6 Å². The molecule has 0 bridgehead atoms. The van der Waals surface area contributed by atoms with E-state index in [1.807, 2.05) is 0 Å². The summed E-state index contributed by atoms with van der Waals surface area (Å²) in [5, 5.41) is 0. The fourth-order valence-electron chi connectivity index (χ4n) is 6.84. The number of ether oxygens (including phenoxy) is 3. The molecule has 0 fully saturated rings. The molecule has 0 N–H and O–H groups in total. The Hall–Kier alpha value is -2.89. The first-order valence-electron chi connectivity index (χ1n) is 24.8. The quantitative estimate of drug-likeness (QED) is 0.0263. The SMILES string of the molecule is CC\C=C/C=C\C=C/CCCCCCCC(=O)OC(COC(=O)CCCCCCCCCCC)COC(=O)CCCCCCCCCCCC/C=C\C=C/CCCCC. The lowest BCUT2D eigenvalue weighted by Crippen LogP contribution is -2.30. The first-order chi connectivity index (χ1) is 29.0. The zero-order valence-electron chi connectivity index (χ0n) is 38.8. The Kier molecular flexibility index (Phi) is 45.4. The van der Waals surface area contributed by atoms with E-state index >= 15 is 0 Å². The molecule has 59 heavy (non-hydrogen) atoms. The van der Waals surface area contributed by atoms with Gasteiger partial charge in [-0.05, 0) is 64.2 Å². The summed E-state index contributed by atoms with van der Waals surface area (Å²) in [6.07, 6.45) is 57.8. The van der Waals surface area contributed by atoms with E-state index in [0.717, 1.165) is 83.5 Å². The zero-order chi connectivity index (χ0) is 43.0. The van der Waals surface area contributed by atoms with Crippen LogP contribution in [-0.2, 0) is 28.6 Å². The van der Waals surface area contributed by atoms with E-state index in [2.05, 4.69) is 81.5 Å². The maximum atomic E-state index is 12.7. The first kappa shape index (κ1) is 56.1. The maximum absolute atomic E-state index is 12.7. The predicted octanol–water partition coefficient (Wildman–Crippen LogP) is 16.1. The third-order valence-electron chi connectivity index (χ3n) is 10.6. The fourth-order valence-corrected chi connectivity index (χ4v) is 6.84. The summed E-state index contributed by atoms with van der Waals surface area (Å²) in [5.74, 6) is -0.908. The van der Waals surface area contributed by atoms with Gasteiger partial charge in [0, 0.05) is 19.3 Å². The molecule has 0 saturated carbocycles. The first-order valence-corrected chi connectivity index (χ1v) is 24.8. The van der Waals surface area contributed by atoms with E-state index in [9.17, 15) is 14.4 Å². The maximum Gasteiger partial charge on any atom is 0.306 e. The average Bonchev–Trinajstić information content (AvgIpc) is 3.23. The van der Waals surface area contributed by atoms with Crippen LogP contribution in [0.4, 0.5) is 0 Å². The Morgan fingerprint density at radius 3 is 1.07 bits per heavy atom. The molecule has 340 valence electrons. The fraction of sp³-hybridized carbons (Fsp3) is 0.755. The molecule has 0 spiro atoms. The van der Waals surface area contributed by atoms with Gasteiger partial charge in [-0.25, -0.2) is 0 Å². The molecule has 1 unspecified atom stereocenters. The van der Waals surface area contributed by atoms with Crippen molar-refractivity contribution in [3.63, 3.8) is 0 Å². The summed E-state index contributed by atoms with van der Waals surface area (Å²) in [4.78, 5) is 37.8. The highest BCUT2D eigenvalue weighted by Crippen LogP contribution is 2.15. The molecule has 1 atom stereocenters. The van der Waals surface area contributed by atoms with Crippen LogP contribution in [0.15, 0.2) is 60.8 Å². The van der Waals surface area contributed by atoms with Gasteiger partial charge in [-0.15, -0.1) is 0 Å². The zero-order valence-corrected chi connectivity index (χ0v) is 38.8. The van der Waals surface area contributed by atoms with Crippen molar-refractivity contribution in [2.45, 2.75) is 245 Å². The molecule has 0 aromatic heterocycles. The third kappa shape index (κ3) is 46.0. The summed E-state index contributed by atoms with van der Waals surface area (Å²) in [7, 11) is 0. The second-order valence-electron chi connectivity index (χ2n) is 16.4. The Labute approximate surface area is 364 Å². The normalized spacial score (nSPS) is 12.5. The number of hydrogen-bond acceptors (Lipinski definition) is 6. The molecule has 6 heteroatoms. The molecule has 0 rings (SSSR count). The van der Waals surface area contributed by atoms with Crippen LogP contribution in [-0.4, -0.2) is 37.2 Å². The molecule has 0 amide bonds. The number of carbonyl (C=O) groups is 3. The number of hydrogen-bond donors (Lipinski definition) is 0. The summed E-state index contributed by atoms with van der Waals surface area (Å²) in [5.41, 5.74) is 0. The van der Waals surface area contributed by atoms with Crippen LogP contribution >= 0.6 is 0 Å². The number of carbonyl (C=O) groups excluding carboxylic acids is 3. The monoisotopic (exact) mass is 825 g/mol. The molecule has 0 aromatic rings. The molecule has 6 nitrogen and oxygen atoms in total. The van der Waals surface area contributed by atoms with Gasteiger partial charge < -0.3 is 14.2 Å². The van der Waals surface area contributed by atoms with Crippen LogP contribution in [0.25, 0.3) is 0 Å². The topological polar surface area (TPSA) is 78.9 Å². The van der Waals surface area contributed by atoms with Crippen molar-refractivity contribution in [3.05, 3.63) is 60.8 Å². The van der Waals surface area contributed by atoms with Gasteiger partial charge in [0.05, 0.1) is 0 Å². The average molecular weight is 825 g/mol. The Bertz CT molecular complexity index is 1090. The van der Waals surface area contributed by atoms with Crippen molar-refractivity contribution in [1.29, 1.82) is 0 Å². The second-order valence-corrected chi connectivity index (χ2v) is 16.4. The highest BCUT2D eigenvalue weighted by molar-refractivity contribution is 5.71. The second kappa shape index (κ2) is 47.8. The molecule has 0 heterocycles. The van der Waals surface area contributed by atoms with E-state index in [4.69, 9.17) is 14.2 Å². The van der Waals surface area contributed by atoms with Gasteiger partial charge >= 0.3 is 17.9 Å². The molecule has 0 aliphatic heterocycles. The van der Waals surface area contributed by atoms with Crippen LogP contribution in [0.3, 0.4) is 0 Å². The molecule has 0 radical (unpaired) electrons. The van der Waals surface area contributed by atoms with Crippen LogP contribution in [0.2, 0.25) is 0 Å². The molecular weight excluding hydrogens is 733 g/mol. The van der Waals surface area contributed by atoms with Crippen LogP contribution in [0.5, 0.6) is 0 Å². The van der Waals surface area contributed by atoms with Crippen molar-refractivity contribution in [3.8, 4) is 0 Å². The Balaban J connectivity index is 4.31. The number of allylic oxidation sites excluding steroid dienone is 10. The van der Waals surface area contributed by atoms with Gasteiger partial charge in [0.1, 0.15) is 13.2 Å². The van der Waals surface area contributed by atoms with Gasteiger partial charge in [0.15, 0.2) is 6.10 Å². The summed E-state index contributed by atoms with van der Waals surface area (Å²) in [6.45, 7) is 6.44. The highest BCUT2D eigenvalue weighted by Gasteiger charge is 2.19. The lowest BCUT2D eigenvalue weighted by atomic mass is 10.1. The van der Waals surface area contributed by atoms with E-state index < -0.39 is 6.10 Å². The van der Waals surface area contributed by atoms with Gasteiger partial charge in [-0.2, -0.15) is 0 Å². The standard InChI is InChI=1S/C53H92O6/c1-4-7-10-13-16-19-21-23-24-25-26-27-28-30-31-34-37-40-43-46-52(55)58-49-50(48-57-51(54)45-42-39-36-33-18-15-12-9-6-3)59-53(56)47-44-41-38-35-32-29-22-20-17-14-11-8-5-2/h8,11,14,16-17,19-23,50H,4-7,9-10,12-13,15,18,24-49H2,1-3H3/b11-8-,17-14-,19-16-,22-20-,23-21-. The van der Waals surface area contributed by atoms with Crippen LogP contribution in [0, 0.1) is 0 Å². The Morgan fingerprint density at radius 2 is 0.661 bits per heavy atom. The molecule has 0 saturated heterocycles. The Morgan fingerprint density at radius 1 is 0.356 bits per heavy atom. The van der Waals surface area contributed by atoms with E-state index in [0.29, 0.717) is 19.3 Å². The summed E-state index contributed by atoms with van der Waals surface area (Å²) >= 11 is 0. The minimum atomic E-state index is -0.782. The predicted molar refractivity (Wildman–Crippen MR) is 251 cm³/mol. The number of esters is 3. The van der Waals surface area contributed by atoms with Crippen LogP contribution < -0.4 is 0 Å². The molecule has 0 aromatic carbocycles. The van der Waals surface area contributed by atoms with Crippen molar-refractivity contribution >= 4 is 17.9 Å². The van der Waals surface area contributed by atoms with Gasteiger partial charge in [-0.3, -0.25) is 14.4 Å². The number of unbranched alkanes of at least 4 members (excludes halogenated alkanes) is 26. The van der Waals surface area contributed by atoms with Gasteiger partial charge in [0.2, 0.25) is 0 Å². The van der Waals surface area contributed by atoms with Crippen molar-refractivity contribution in [1.82, 2.24) is 0 Å². The van der Waals surface area contributed by atoms with E-state index in [1.165, 1.54) is 116 Å². The summed E-state index contributed by atoms with van der Waals surface area (Å²) in [6, 6.07) is 0.